The first-order valence-electron chi connectivity index (χ1n) is 5.54. The van der Waals surface area contributed by atoms with Crippen LogP contribution in [0.1, 0.15) is 19.4 Å². The molecule has 0 aromatic heterocycles. The molecule has 0 spiro atoms. The molecule has 1 aromatic rings. The predicted molar refractivity (Wildman–Crippen MR) is 67.9 cm³/mol. The lowest BCUT2D eigenvalue weighted by Crippen LogP contribution is -2.08. The van der Waals surface area contributed by atoms with Crippen LogP contribution >= 0.6 is 0 Å². The van der Waals surface area contributed by atoms with E-state index in [0.717, 1.165) is 0 Å². The molecule has 0 aliphatic heterocycles. The van der Waals surface area contributed by atoms with Gasteiger partial charge in [-0.25, -0.2) is 4.79 Å². The Morgan fingerprint density at radius 2 is 2.11 bits per heavy atom. The van der Waals surface area contributed by atoms with E-state index in [9.17, 15) is 14.9 Å². The van der Waals surface area contributed by atoms with Crippen LogP contribution in [0.2, 0.25) is 0 Å². The van der Waals surface area contributed by atoms with Gasteiger partial charge in [-0.3, -0.25) is 10.1 Å². The average Bonchev–Trinajstić information content (AvgIpc) is 2.39. The van der Waals surface area contributed by atoms with E-state index in [1.807, 2.05) is 0 Å². The van der Waals surface area contributed by atoms with Crippen LogP contribution in [0.15, 0.2) is 29.8 Å². The van der Waals surface area contributed by atoms with Crippen LogP contribution in [-0.4, -0.2) is 17.5 Å². The van der Waals surface area contributed by atoms with Crippen molar-refractivity contribution >= 4 is 17.2 Å². The van der Waals surface area contributed by atoms with Crippen LogP contribution in [0.5, 0.6) is 0 Å². The Bertz CT molecular complexity index is 585. The van der Waals surface area contributed by atoms with E-state index in [4.69, 9.17) is 10.00 Å². The van der Waals surface area contributed by atoms with Gasteiger partial charge in [-0.05, 0) is 25.5 Å². The number of carbonyl (C=O) groups is 1. The summed E-state index contributed by atoms with van der Waals surface area (Å²) in [5.74, 6) is -0.777. The number of esters is 1. The van der Waals surface area contributed by atoms with Crippen molar-refractivity contribution in [2.75, 3.05) is 6.61 Å². The molecule has 0 saturated carbocycles. The maximum atomic E-state index is 11.6. The molecule has 0 heterocycles. The van der Waals surface area contributed by atoms with Crippen LogP contribution in [-0.2, 0) is 9.53 Å². The SMILES string of the molecule is CCOC(=O)/C(C#N)=C(/C)c1ccccc1[N+](=O)[O-]. The number of ether oxygens (including phenoxy) is 1. The number of allylic oxidation sites excluding steroid dienone is 1. The normalized spacial score (nSPS) is 11.2. The smallest absolute Gasteiger partial charge is 0.349 e. The van der Waals surface area contributed by atoms with Gasteiger partial charge in [-0.15, -0.1) is 0 Å². The minimum atomic E-state index is -0.777. The van der Waals surface area contributed by atoms with Gasteiger partial charge in [0.2, 0.25) is 0 Å². The third-order valence-corrected chi connectivity index (χ3v) is 2.47. The second-order valence-corrected chi connectivity index (χ2v) is 3.61. The van der Waals surface area contributed by atoms with Gasteiger partial charge in [0, 0.05) is 6.07 Å². The molecule has 0 aliphatic carbocycles. The molecule has 0 saturated heterocycles. The minimum absolute atomic E-state index is 0.133. The van der Waals surface area contributed by atoms with Gasteiger partial charge < -0.3 is 4.74 Å². The molecule has 98 valence electrons. The van der Waals surface area contributed by atoms with E-state index < -0.39 is 10.9 Å². The fraction of sp³-hybridized carbons (Fsp3) is 0.231. The third kappa shape index (κ3) is 3.16. The molecule has 1 aromatic carbocycles. The number of nitrogens with zero attached hydrogens (tertiary/aromatic N) is 2. The number of nitriles is 1. The van der Waals surface area contributed by atoms with Gasteiger partial charge in [0.25, 0.3) is 5.69 Å². The molecule has 1 rings (SSSR count). The van der Waals surface area contributed by atoms with Crippen molar-refractivity contribution in [2.24, 2.45) is 0 Å². The molecule has 19 heavy (non-hydrogen) atoms. The summed E-state index contributed by atoms with van der Waals surface area (Å²) >= 11 is 0. The topological polar surface area (TPSA) is 93.2 Å². The standard InChI is InChI=1S/C13H12N2O4/c1-3-19-13(16)11(8-14)9(2)10-6-4-5-7-12(10)15(17)18/h4-7H,3H2,1-2H3/b11-9-. The third-order valence-electron chi connectivity index (χ3n) is 2.47. The minimum Gasteiger partial charge on any atom is -0.462 e. The number of rotatable bonds is 4. The van der Waals surface area contributed by atoms with E-state index in [2.05, 4.69) is 0 Å². The van der Waals surface area contributed by atoms with E-state index in [0.29, 0.717) is 0 Å². The Labute approximate surface area is 110 Å². The van der Waals surface area contributed by atoms with Crippen molar-refractivity contribution in [1.82, 2.24) is 0 Å². The zero-order chi connectivity index (χ0) is 14.4. The Morgan fingerprint density at radius 3 is 2.63 bits per heavy atom. The fourth-order valence-electron chi connectivity index (χ4n) is 1.57. The van der Waals surface area contributed by atoms with Crippen LogP contribution in [0.4, 0.5) is 5.69 Å². The van der Waals surface area contributed by atoms with Gasteiger partial charge in [-0.2, -0.15) is 5.26 Å². The van der Waals surface area contributed by atoms with Gasteiger partial charge in [0.05, 0.1) is 17.1 Å². The highest BCUT2D eigenvalue weighted by atomic mass is 16.6. The maximum Gasteiger partial charge on any atom is 0.349 e. The summed E-state index contributed by atoms with van der Waals surface area (Å²) in [6, 6.07) is 7.66. The number of carbonyl (C=O) groups excluding carboxylic acids is 1. The lowest BCUT2D eigenvalue weighted by atomic mass is 10.0. The zero-order valence-corrected chi connectivity index (χ0v) is 10.5. The van der Waals surface area contributed by atoms with Crippen LogP contribution in [0.3, 0.4) is 0 Å². The molecular formula is C13H12N2O4. The monoisotopic (exact) mass is 260 g/mol. The summed E-state index contributed by atoms with van der Waals surface area (Å²) in [6.45, 7) is 3.24. The number of hydrogen-bond acceptors (Lipinski definition) is 5. The number of benzene rings is 1. The molecule has 0 atom stereocenters. The highest BCUT2D eigenvalue weighted by Gasteiger charge is 2.20. The van der Waals surface area contributed by atoms with Gasteiger partial charge in [0.1, 0.15) is 11.6 Å². The van der Waals surface area contributed by atoms with Gasteiger partial charge in [0.15, 0.2) is 0 Å². The second-order valence-electron chi connectivity index (χ2n) is 3.61. The highest BCUT2D eigenvalue weighted by Crippen LogP contribution is 2.27. The van der Waals surface area contributed by atoms with Crippen LogP contribution in [0, 0.1) is 21.4 Å². The first kappa shape index (κ1) is 14.4. The molecule has 0 aliphatic rings. The molecule has 0 radical (unpaired) electrons. The van der Waals surface area contributed by atoms with Crippen molar-refractivity contribution in [2.45, 2.75) is 13.8 Å². The molecule has 0 bridgehead atoms. The number of hydrogen-bond donors (Lipinski definition) is 0. The molecule has 0 fully saturated rings. The van der Waals surface area contributed by atoms with Crippen molar-refractivity contribution in [3.8, 4) is 6.07 Å². The van der Waals surface area contributed by atoms with E-state index >= 15 is 0 Å². The summed E-state index contributed by atoms with van der Waals surface area (Å²) < 4.78 is 4.75. The Kier molecular flexibility index (Phi) is 4.77. The molecule has 6 nitrogen and oxygen atoms in total. The zero-order valence-electron chi connectivity index (χ0n) is 10.5. The Balaban J connectivity index is 3.39. The molecular weight excluding hydrogens is 248 g/mol. The first-order chi connectivity index (χ1) is 9.02. The predicted octanol–water partition coefficient (Wildman–Crippen LogP) is 2.45. The van der Waals surface area contributed by atoms with Crippen LogP contribution in [0.25, 0.3) is 5.57 Å². The first-order valence-corrected chi connectivity index (χ1v) is 5.54. The Morgan fingerprint density at radius 1 is 1.47 bits per heavy atom. The molecule has 0 N–H and O–H groups in total. The quantitative estimate of drug-likeness (QED) is 0.272. The number of nitro benzene ring substituents is 1. The average molecular weight is 260 g/mol. The van der Waals surface area contributed by atoms with Crippen molar-refractivity contribution in [1.29, 1.82) is 5.26 Å². The lowest BCUT2D eigenvalue weighted by Gasteiger charge is -2.06. The summed E-state index contributed by atoms with van der Waals surface area (Å²) in [7, 11) is 0. The largest absolute Gasteiger partial charge is 0.462 e. The van der Waals surface area contributed by atoms with Crippen molar-refractivity contribution < 1.29 is 14.5 Å². The van der Waals surface area contributed by atoms with E-state index in [1.54, 1.807) is 19.1 Å². The van der Waals surface area contributed by atoms with E-state index in [1.165, 1.54) is 25.1 Å². The van der Waals surface area contributed by atoms with Gasteiger partial charge >= 0.3 is 5.97 Å². The number of nitro groups is 1. The summed E-state index contributed by atoms with van der Waals surface area (Å²) in [4.78, 5) is 22.0. The fourth-order valence-corrected chi connectivity index (χ4v) is 1.57. The summed E-state index contributed by atoms with van der Waals surface area (Å²) in [5.41, 5.74) is 0.0820. The van der Waals surface area contributed by atoms with Crippen LogP contribution < -0.4 is 0 Å². The van der Waals surface area contributed by atoms with Crippen molar-refractivity contribution in [3.63, 3.8) is 0 Å². The lowest BCUT2D eigenvalue weighted by molar-refractivity contribution is -0.385. The van der Waals surface area contributed by atoms with E-state index in [-0.39, 0.29) is 29.0 Å². The summed E-state index contributed by atoms with van der Waals surface area (Å²) in [6.07, 6.45) is 0. The van der Waals surface area contributed by atoms with Gasteiger partial charge in [-0.1, -0.05) is 12.1 Å². The summed E-state index contributed by atoms with van der Waals surface area (Å²) in [5, 5.41) is 19.9. The molecule has 0 amide bonds. The highest BCUT2D eigenvalue weighted by molar-refractivity contribution is 6.02. The molecule has 6 heteroatoms. The second kappa shape index (κ2) is 6.31. The van der Waals surface area contributed by atoms with Crippen molar-refractivity contribution in [3.05, 3.63) is 45.5 Å². The number of para-hydroxylation sites is 1. The Hall–Kier alpha value is -2.68. The maximum absolute atomic E-state index is 11.6. The molecule has 0 unspecified atom stereocenters.